The van der Waals surface area contributed by atoms with Gasteiger partial charge in [0.15, 0.2) is 0 Å². The molecule has 35 heavy (non-hydrogen) atoms. The van der Waals surface area contributed by atoms with Gasteiger partial charge in [-0.3, -0.25) is 14.6 Å². The van der Waals surface area contributed by atoms with Crippen molar-refractivity contribution in [1.82, 2.24) is 9.80 Å². The number of rotatable bonds is 10. The molecule has 7 heteroatoms. The molecule has 4 rings (SSSR count). The molecule has 3 aromatic carbocycles. The van der Waals surface area contributed by atoms with Gasteiger partial charge in [0.1, 0.15) is 0 Å². The summed E-state index contributed by atoms with van der Waals surface area (Å²) in [5.74, 6) is -0.813. The SMILES string of the molecule is Cl.O=C(O)Cc1ccc(COCCN2CCN(C(c3ccccc3)c3ccc(Cl)cc3)CC2)cc1. The summed E-state index contributed by atoms with van der Waals surface area (Å²) >= 11 is 6.14. The van der Waals surface area contributed by atoms with Gasteiger partial charge in [-0.2, -0.15) is 0 Å². The minimum absolute atomic E-state index is 0. The van der Waals surface area contributed by atoms with Crippen LogP contribution in [-0.2, 0) is 22.6 Å². The number of aliphatic carboxylic acids is 1. The van der Waals surface area contributed by atoms with Gasteiger partial charge < -0.3 is 9.84 Å². The van der Waals surface area contributed by atoms with Crippen molar-refractivity contribution in [3.8, 4) is 0 Å². The molecule has 3 aromatic rings. The molecule has 0 amide bonds. The molecule has 0 saturated carbocycles. The molecule has 0 aliphatic carbocycles. The molecule has 1 saturated heterocycles. The predicted molar refractivity (Wildman–Crippen MR) is 142 cm³/mol. The number of hydrogen-bond donors (Lipinski definition) is 1. The van der Waals surface area contributed by atoms with Gasteiger partial charge >= 0.3 is 5.97 Å². The Morgan fingerprint density at radius 1 is 0.857 bits per heavy atom. The van der Waals surface area contributed by atoms with Crippen LogP contribution in [0.2, 0.25) is 5.02 Å². The maximum atomic E-state index is 10.8. The van der Waals surface area contributed by atoms with Crippen LogP contribution in [0.1, 0.15) is 28.3 Å². The average Bonchev–Trinajstić information content (AvgIpc) is 2.85. The van der Waals surface area contributed by atoms with E-state index in [0.717, 1.165) is 48.9 Å². The number of carboxylic acid groups (broad SMARTS) is 1. The van der Waals surface area contributed by atoms with E-state index in [9.17, 15) is 4.79 Å². The van der Waals surface area contributed by atoms with E-state index in [1.54, 1.807) is 0 Å². The minimum Gasteiger partial charge on any atom is -0.481 e. The van der Waals surface area contributed by atoms with E-state index in [-0.39, 0.29) is 24.9 Å². The lowest BCUT2D eigenvalue weighted by atomic mass is 9.96. The summed E-state index contributed by atoms with van der Waals surface area (Å²) in [7, 11) is 0. The molecule has 1 N–H and O–H groups in total. The third kappa shape index (κ3) is 8.06. The Morgan fingerprint density at radius 2 is 1.46 bits per heavy atom. The first-order valence-corrected chi connectivity index (χ1v) is 12.1. The van der Waals surface area contributed by atoms with E-state index in [0.29, 0.717) is 13.2 Å². The van der Waals surface area contributed by atoms with Gasteiger partial charge in [-0.25, -0.2) is 0 Å². The highest BCUT2D eigenvalue weighted by atomic mass is 35.5. The van der Waals surface area contributed by atoms with E-state index in [2.05, 4.69) is 52.3 Å². The fourth-order valence-corrected chi connectivity index (χ4v) is 4.58. The Morgan fingerprint density at radius 3 is 2.09 bits per heavy atom. The van der Waals surface area contributed by atoms with Crippen LogP contribution in [0.25, 0.3) is 0 Å². The lowest BCUT2D eigenvalue weighted by molar-refractivity contribution is -0.136. The zero-order chi connectivity index (χ0) is 23.8. The van der Waals surface area contributed by atoms with Crippen molar-refractivity contribution < 1.29 is 14.6 Å². The summed E-state index contributed by atoms with van der Waals surface area (Å²) in [5, 5.41) is 9.63. The first-order valence-electron chi connectivity index (χ1n) is 11.7. The highest BCUT2D eigenvalue weighted by Gasteiger charge is 2.26. The summed E-state index contributed by atoms with van der Waals surface area (Å²) in [6.45, 7) is 6.12. The van der Waals surface area contributed by atoms with Gasteiger partial charge in [0.25, 0.3) is 0 Å². The van der Waals surface area contributed by atoms with E-state index in [4.69, 9.17) is 21.4 Å². The van der Waals surface area contributed by atoms with Crippen molar-refractivity contribution in [3.63, 3.8) is 0 Å². The van der Waals surface area contributed by atoms with Crippen molar-refractivity contribution >= 4 is 30.0 Å². The molecule has 186 valence electrons. The molecule has 0 aromatic heterocycles. The van der Waals surface area contributed by atoms with Crippen LogP contribution in [0, 0.1) is 0 Å². The van der Waals surface area contributed by atoms with Crippen LogP contribution < -0.4 is 0 Å². The van der Waals surface area contributed by atoms with Crippen molar-refractivity contribution in [3.05, 3.63) is 106 Å². The zero-order valence-corrected chi connectivity index (χ0v) is 21.3. The van der Waals surface area contributed by atoms with Crippen LogP contribution in [0.4, 0.5) is 0 Å². The second-order valence-electron chi connectivity index (χ2n) is 8.68. The molecular formula is C28H32Cl2N2O3. The first kappa shape index (κ1) is 27.2. The van der Waals surface area contributed by atoms with Crippen molar-refractivity contribution in [1.29, 1.82) is 0 Å². The number of nitrogens with zero attached hydrogens (tertiary/aromatic N) is 2. The standard InChI is InChI=1S/C28H31ClN2O3.ClH/c29-26-12-10-25(11-13-26)28(24-4-2-1-3-5-24)31-16-14-30(15-17-31)18-19-34-21-23-8-6-22(7-9-23)20-27(32)33;/h1-13,28H,14-21H2,(H,32,33);1H. The third-order valence-electron chi connectivity index (χ3n) is 6.27. The summed E-state index contributed by atoms with van der Waals surface area (Å²) < 4.78 is 5.88. The molecule has 1 aliphatic heterocycles. The monoisotopic (exact) mass is 514 g/mol. The highest BCUT2D eigenvalue weighted by Crippen LogP contribution is 2.30. The number of halogens is 2. The van der Waals surface area contributed by atoms with Gasteiger partial charge in [0.2, 0.25) is 0 Å². The molecule has 1 fully saturated rings. The summed E-state index contributed by atoms with van der Waals surface area (Å²) in [4.78, 5) is 15.8. The van der Waals surface area contributed by atoms with Crippen molar-refractivity contribution in [2.45, 2.75) is 19.1 Å². The smallest absolute Gasteiger partial charge is 0.307 e. The number of piperazine rings is 1. The quantitative estimate of drug-likeness (QED) is 0.371. The molecule has 1 aliphatic rings. The van der Waals surface area contributed by atoms with Crippen LogP contribution in [0.5, 0.6) is 0 Å². The van der Waals surface area contributed by atoms with Gasteiger partial charge in [0, 0.05) is 37.7 Å². The lowest BCUT2D eigenvalue weighted by Gasteiger charge is -2.39. The number of hydrogen-bond acceptors (Lipinski definition) is 4. The van der Waals surface area contributed by atoms with E-state index in [1.807, 2.05) is 36.4 Å². The Labute approximate surface area is 218 Å². The van der Waals surface area contributed by atoms with Crippen LogP contribution >= 0.6 is 24.0 Å². The first-order chi connectivity index (χ1) is 16.6. The Bertz CT molecular complexity index is 1040. The summed E-state index contributed by atoms with van der Waals surface area (Å²) in [6, 6.07) is 26.7. The second kappa shape index (κ2) is 13.6. The normalized spacial score (nSPS) is 15.3. The van der Waals surface area contributed by atoms with Gasteiger partial charge in [-0.05, 0) is 34.4 Å². The fourth-order valence-electron chi connectivity index (χ4n) is 4.45. The minimum atomic E-state index is -0.813. The Kier molecular flexibility index (Phi) is 10.6. The molecule has 0 bridgehead atoms. The summed E-state index contributed by atoms with van der Waals surface area (Å²) in [5.41, 5.74) is 4.44. The fraction of sp³-hybridized carbons (Fsp3) is 0.321. The topological polar surface area (TPSA) is 53.0 Å². The number of ether oxygens (including phenoxy) is 1. The van der Waals surface area contributed by atoms with E-state index >= 15 is 0 Å². The van der Waals surface area contributed by atoms with Gasteiger partial charge in [-0.15, -0.1) is 12.4 Å². The van der Waals surface area contributed by atoms with Crippen LogP contribution in [0.15, 0.2) is 78.9 Å². The molecular weight excluding hydrogens is 483 g/mol. The van der Waals surface area contributed by atoms with Crippen molar-refractivity contribution in [2.24, 2.45) is 0 Å². The second-order valence-corrected chi connectivity index (χ2v) is 9.12. The lowest BCUT2D eigenvalue weighted by Crippen LogP contribution is -2.48. The number of carbonyl (C=O) groups is 1. The Balaban J connectivity index is 0.00000342. The Hall–Kier alpha value is -2.41. The maximum Gasteiger partial charge on any atom is 0.307 e. The van der Waals surface area contributed by atoms with Gasteiger partial charge in [-0.1, -0.05) is 78.3 Å². The molecule has 5 nitrogen and oxygen atoms in total. The predicted octanol–water partition coefficient (Wildman–Crippen LogP) is 5.31. The van der Waals surface area contributed by atoms with E-state index in [1.165, 1.54) is 11.1 Å². The molecule has 1 atom stereocenters. The number of benzene rings is 3. The molecule has 0 spiro atoms. The van der Waals surface area contributed by atoms with E-state index < -0.39 is 5.97 Å². The van der Waals surface area contributed by atoms with Crippen molar-refractivity contribution in [2.75, 3.05) is 39.3 Å². The van der Waals surface area contributed by atoms with Crippen LogP contribution in [-0.4, -0.2) is 60.2 Å². The third-order valence-corrected chi connectivity index (χ3v) is 6.52. The highest BCUT2D eigenvalue weighted by molar-refractivity contribution is 6.30. The van der Waals surface area contributed by atoms with Gasteiger partial charge in [0.05, 0.1) is 25.7 Å². The molecule has 0 radical (unpaired) electrons. The maximum absolute atomic E-state index is 10.8. The summed E-state index contributed by atoms with van der Waals surface area (Å²) in [6.07, 6.45) is 0.0518. The largest absolute Gasteiger partial charge is 0.481 e. The zero-order valence-electron chi connectivity index (χ0n) is 19.7. The molecule has 1 unspecified atom stereocenters. The molecule has 1 heterocycles. The van der Waals surface area contributed by atoms with Crippen LogP contribution in [0.3, 0.4) is 0 Å². The average molecular weight is 515 g/mol. The number of carboxylic acids is 1.